The predicted octanol–water partition coefficient (Wildman–Crippen LogP) is 3.88. The average molecular weight is 278 g/mol. The Morgan fingerprint density at radius 1 is 1.19 bits per heavy atom. The largest absolute Gasteiger partial charge is 0.321 e. The summed E-state index contributed by atoms with van der Waals surface area (Å²) < 4.78 is 0. The number of hydrogen-bond donors (Lipinski definition) is 1. The minimum Gasteiger partial charge on any atom is -0.321 e. The Bertz CT molecular complexity index is 681. The van der Waals surface area contributed by atoms with E-state index >= 15 is 0 Å². The quantitative estimate of drug-likeness (QED) is 0.922. The van der Waals surface area contributed by atoms with E-state index in [0.717, 1.165) is 28.8 Å². The molecule has 1 N–H and O–H groups in total. The summed E-state index contributed by atoms with van der Waals surface area (Å²) in [6, 6.07) is 15.3. The molecule has 2 aromatic rings. The van der Waals surface area contributed by atoms with Crippen molar-refractivity contribution < 1.29 is 4.79 Å². The van der Waals surface area contributed by atoms with Crippen molar-refractivity contribution in [2.24, 2.45) is 0 Å². The molecule has 0 aliphatic carbocycles. The summed E-state index contributed by atoms with van der Waals surface area (Å²) in [6.07, 6.45) is 1.23. The molecule has 0 spiro atoms. The van der Waals surface area contributed by atoms with Crippen LogP contribution in [0.1, 0.15) is 34.0 Å². The van der Waals surface area contributed by atoms with Gasteiger partial charge in [0, 0.05) is 11.3 Å². The summed E-state index contributed by atoms with van der Waals surface area (Å²) in [4.78, 5) is 12.3. The van der Waals surface area contributed by atoms with Crippen LogP contribution in [0.5, 0.6) is 0 Å². The average Bonchev–Trinajstić information content (AvgIpc) is 2.50. The highest BCUT2D eigenvalue weighted by Crippen LogP contribution is 2.22. The Hall–Kier alpha value is -2.60. The van der Waals surface area contributed by atoms with Gasteiger partial charge in [0.15, 0.2) is 0 Å². The zero-order valence-electron chi connectivity index (χ0n) is 12.3. The van der Waals surface area contributed by atoms with E-state index in [0.29, 0.717) is 12.0 Å². The highest BCUT2D eigenvalue weighted by molar-refractivity contribution is 6.05. The number of carbonyl (C=O) groups is 1. The Morgan fingerprint density at radius 2 is 1.90 bits per heavy atom. The van der Waals surface area contributed by atoms with Crippen molar-refractivity contribution in [3.63, 3.8) is 0 Å². The van der Waals surface area contributed by atoms with E-state index in [9.17, 15) is 4.79 Å². The lowest BCUT2D eigenvalue weighted by atomic mass is 10.0. The molecule has 0 saturated heterocycles. The molecule has 106 valence electrons. The molecule has 3 nitrogen and oxygen atoms in total. The van der Waals surface area contributed by atoms with Crippen LogP contribution < -0.4 is 5.32 Å². The molecule has 0 fully saturated rings. The fraction of sp³-hybridized carbons (Fsp3) is 0.222. The van der Waals surface area contributed by atoms with Gasteiger partial charge in [-0.05, 0) is 42.2 Å². The number of rotatable bonds is 4. The number of anilines is 1. The normalized spacial score (nSPS) is 9.95. The number of hydrogen-bond acceptors (Lipinski definition) is 2. The van der Waals surface area contributed by atoms with Gasteiger partial charge < -0.3 is 5.32 Å². The maximum absolute atomic E-state index is 12.3. The van der Waals surface area contributed by atoms with Crippen molar-refractivity contribution in [3.8, 4) is 6.07 Å². The summed E-state index contributed by atoms with van der Waals surface area (Å²) in [6.45, 7) is 4.06. The van der Waals surface area contributed by atoms with Crippen LogP contribution in [-0.4, -0.2) is 5.91 Å². The van der Waals surface area contributed by atoms with Crippen LogP contribution >= 0.6 is 0 Å². The molecular weight excluding hydrogens is 260 g/mol. The summed E-state index contributed by atoms with van der Waals surface area (Å²) in [5.41, 5.74) is 4.60. The fourth-order valence-corrected chi connectivity index (χ4v) is 2.25. The summed E-state index contributed by atoms with van der Waals surface area (Å²) in [7, 11) is 0. The van der Waals surface area contributed by atoms with Crippen molar-refractivity contribution in [1.82, 2.24) is 0 Å². The minimum absolute atomic E-state index is 0.123. The SMILES string of the molecule is CCc1cccc(C)c1NC(=O)c1ccc(CC#N)cc1. The smallest absolute Gasteiger partial charge is 0.255 e. The predicted molar refractivity (Wildman–Crippen MR) is 84.3 cm³/mol. The second kappa shape index (κ2) is 6.71. The summed E-state index contributed by atoms with van der Waals surface area (Å²) >= 11 is 0. The number of nitriles is 1. The van der Waals surface area contributed by atoms with E-state index < -0.39 is 0 Å². The lowest BCUT2D eigenvalue weighted by Gasteiger charge is -2.13. The van der Waals surface area contributed by atoms with Crippen molar-refractivity contribution in [2.45, 2.75) is 26.7 Å². The van der Waals surface area contributed by atoms with E-state index in [1.165, 1.54) is 0 Å². The summed E-state index contributed by atoms with van der Waals surface area (Å²) in [5.74, 6) is -0.123. The van der Waals surface area contributed by atoms with Gasteiger partial charge in [0.05, 0.1) is 12.5 Å². The van der Waals surface area contributed by atoms with Gasteiger partial charge in [0.1, 0.15) is 0 Å². The lowest BCUT2D eigenvalue weighted by molar-refractivity contribution is 0.102. The number of aryl methyl sites for hydroxylation is 2. The first-order chi connectivity index (χ1) is 10.2. The molecule has 0 aromatic heterocycles. The first-order valence-corrected chi connectivity index (χ1v) is 7.01. The first kappa shape index (κ1) is 14.8. The molecule has 0 atom stereocenters. The number of benzene rings is 2. The molecule has 0 aliphatic rings. The number of nitrogens with zero attached hydrogens (tertiary/aromatic N) is 1. The van der Waals surface area contributed by atoms with Gasteiger partial charge in [-0.25, -0.2) is 0 Å². The van der Waals surface area contributed by atoms with Gasteiger partial charge in [0.25, 0.3) is 5.91 Å². The molecule has 0 aliphatic heterocycles. The van der Waals surface area contributed by atoms with E-state index in [2.05, 4.69) is 18.3 Å². The fourth-order valence-electron chi connectivity index (χ4n) is 2.25. The van der Waals surface area contributed by atoms with E-state index in [-0.39, 0.29) is 5.91 Å². The van der Waals surface area contributed by atoms with Crippen molar-refractivity contribution in [2.75, 3.05) is 5.32 Å². The van der Waals surface area contributed by atoms with Crippen LogP contribution in [0.25, 0.3) is 0 Å². The Balaban J connectivity index is 2.20. The lowest BCUT2D eigenvalue weighted by Crippen LogP contribution is -2.14. The minimum atomic E-state index is -0.123. The van der Waals surface area contributed by atoms with Gasteiger partial charge in [-0.2, -0.15) is 5.26 Å². The van der Waals surface area contributed by atoms with Gasteiger partial charge in [-0.1, -0.05) is 37.3 Å². The molecule has 0 radical (unpaired) electrons. The Labute approximate surface area is 125 Å². The van der Waals surface area contributed by atoms with Gasteiger partial charge in [-0.15, -0.1) is 0 Å². The third kappa shape index (κ3) is 3.49. The molecular formula is C18H18N2O. The number of para-hydroxylation sites is 1. The van der Waals surface area contributed by atoms with Crippen LogP contribution in [0.15, 0.2) is 42.5 Å². The number of amides is 1. The zero-order chi connectivity index (χ0) is 15.2. The molecule has 21 heavy (non-hydrogen) atoms. The topological polar surface area (TPSA) is 52.9 Å². The van der Waals surface area contributed by atoms with Crippen LogP contribution in [0.2, 0.25) is 0 Å². The van der Waals surface area contributed by atoms with Crippen molar-refractivity contribution in [1.29, 1.82) is 5.26 Å². The van der Waals surface area contributed by atoms with E-state index in [1.807, 2.05) is 37.3 Å². The van der Waals surface area contributed by atoms with E-state index in [4.69, 9.17) is 5.26 Å². The molecule has 0 saturated carbocycles. The van der Waals surface area contributed by atoms with Crippen molar-refractivity contribution >= 4 is 11.6 Å². The van der Waals surface area contributed by atoms with Crippen LogP contribution in [0, 0.1) is 18.3 Å². The molecule has 0 heterocycles. The summed E-state index contributed by atoms with van der Waals surface area (Å²) in [5, 5.41) is 11.6. The third-order valence-electron chi connectivity index (χ3n) is 3.48. The molecule has 2 aromatic carbocycles. The highest BCUT2D eigenvalue weighted by atomic mass is 16.1. The maximum Gasteiger partial charge on any atom is 0.255 e. The second-order valence-electron chi connectivity index (χ2n) is 4.95. The van der Waals surface area contributed by atoms with Gasteiger partial charge in [-0.3, -0.25) is 4.79 Å². The van der Waals surface area contributed by atoms with Gasteiger partial charge in [0.2, 0.25) is 0 Å². The Morgan fingerprint density at radius 3 is 2.52 bits per heavy atom. The van der Waals surface area contributed by atoms with Crippen LogP contribution in [0.4, 0.5) is 5.69 Å². The molecule has 0 bridgehead atoms. The van der Waals surface area contributed by atoms with E-state index in [1.54, 1.807) is 12.1 Å². The number of carbonyl (C=O) groups excluding carboxylic acids is 1. The molecule has 0 unspecified atom stereocenters. The second-order valence-corrected chi connectivity index (χ2v) is 4.95. The van der Waals surface area contributed by atoms with Crippen LogP contribution in [0.3, 0.4) is 0 Å². The van der Waals surface area contributed by atoms with Crippen LogP contribution in [-0.2, 0) is 12.8 Å². The number of nitrogens with one attached hydrogen (secondary N) is 1. The molecule has 2 rings (SSSR count). The van der Waals surface area contributed by atoms with Gasteiger partial charge >= 0.3 is 0 Å². The zero-order valence-corrected chi connectivity index (χ0v) is 12.3. The monoisotopic (exact) mass is 278 g/mol. The first-order valence-electron chi connectivity index (χ1n) is 7.01. The highest BCUT2D eigenvalue weighted by Gasteiger charge is 2.10. The standard InChI is InChI=1S/C18H18N2O/c1-3-15-6-4-5-13(2)17(15)20-18(21)16-9-7-14(8-10-16)11-12-19/h4-10H,3,11H2,1-2H3,(H,20,21). The molecule has 1 amide bonds. The van der Waals surface area contributed by atoms with Crippen molar-refractivity contribution in [3.05, 3.63) is 64.7 Å². The maximum atomic E-state index is 12.3. The molecule has 3 heteroatoms. The third-order valence-corrected chi connectivity index (χ3v) is 3.48. The Kier molecular flexibility index (Phi) is 4.73.